The van der Waals surface area contributed by atoms with Crippen LogP contribution in [-0.2, 0) is 9.59 Å². The van der Waals surface area contributed by atoms with E-state index in [1.54, 1.807) is 36.4 Å². The highest BCUT2D eigenvalue weighted by Gasteiger charge is 2.61. The molecule has 1 amide bonds. The van der Waals surface area contributed by atoms with Crippen LogP contribution in [0.25, 0.3) is 0 Å². The first kappa shape index (κ1) is 27.4. The molecule has 0 unspecified atom stereocenters. The van der Waals surface area contributed by atoms with Gasteiger partial charge in [0.2, 0.25) is 0 Å². The fourth-order valence-electron chi connectivity index (χ4n) is 5.70. The van der Waals surface area contributed by atoms with E-state index < -0.39 is 52.8 Å². The third kappa shape index (κ3) is 5.76. The lowest BCUT2D eigenvalue weighted by Gasteiger charge is -2.43. The van der Waals surface area contributed by atoms with E-state index >= 15 is 13.3 Å². The van der Waals surface area contributed by atoms with Crippen molar-refractivity contribution >= 4 is 11.9 Å². The minimum Gasteiger partial charge on any atom is -0.490 e. The number of alkyl halides is 2. The molecule has 1 aliphatic heterocycles. The summed E-state index contributed by atoms with van der Waals surface area (Å²) in [6.45, 7) is 0.308. The number of carbonyl (C=O) groups excluding carboxylic acids is 1. The van der Waals surface area contributed by atoms with Crippen molar-refractivity contribution in [1.29, 1.82) is 0 Å². The molecule has 1 saturated heterocycles. The number of hydrogen-bond donors (Lipinski definition) is 1. The number of hydrogen-bond acceptors (Lipinski definition) is 4. The van der Waals surface area contributed by atoms with Gasteiger partial charge in [-0.05, 0) is 68.8 Å². The van der Waals surface area contributed by atoms with Gasteiger partial charge in [-0.25, -0.2) is 4.39 Å². The smallest absolute Gasteiger partial charge is 0.330 e. The predicted octanol–water partition coefficient (Wildman–Crippen LogP) is 5.30. The first-order chi connectivity index (χ1) is 18.6. The molecule has 6 nitrogen and oxygen atoms in total. The number of halogens is 4. The molecule has 2 aromatic rings. The van der Waals surface area contributed by atoms with Crippen molar-refractivity contribution in [2.75, 3.05) is 32.8 Å². The Kier molecular flexibility index (Phi) is 7.35. The van der Waals surface area contributed by atoms with Gasteiger partial charge in [-0.15, -0.1) is 0 Å². The molecule has 3 fully saturated rings. The SMILES string of the molecule is O=C(O)C1(CN2CCC(COc3ccccc3F)(CN(F)C(=O)C(F)(F)[C@@H]3C[C@@H]3c3ccccc3)CC2)CC1. The summed E-state index contributed by atoms with van der Waals surface area (Å²) in [6, 6.07) is 14.4. The van der Waals surface area contributed by atoms with Crippen LogP contribution in [-0.4, -0.2) is 65.7 Å². The van der Waals surface area contributed by atoms with E-state index in [0.717, 1.165) is 0 Å². The lowest BCUT2D eigenvalue weighted by atomic mass is 9.78. The second-order valence-electron chi connectivity index (χ2n) is 11.4. The van der Waals surface area contributed by atoms with Gasteiger partial charge in [0.25, 0.3) is 0 Å². The molecule has 0 bridgehead atoms. The zero-order valence-electron chi connectivity index (χ0n) is 21.5. The van der Waals surface area contributed by atoms with Crippen molar-refractivity contribution in [2.45, 2.75) is 43.9 Å². The van der Waals surface area contributed by atoms with Crippen LogP contribution in [0.2, 0.25) is 0 Å². The molecule has 2 aromatic carbocycles. The molecule has 210 valence electrons. The molecule has 2 atom stereocenters. The van der Waals surface area contributed by atoms with Gasteiger partial charge in [0.1, 0.15) is 0 Å². The average molecular weight is 549 g/mol. The van der Waals surface area contributed by atoms with Crippen LogP contribution in [0.5, 0.6) is 5.75 Å². The molecule has 0 radical (unpaired) electrons. The second-order valence-corrected chi connectivity index (χ2v) is 11.4. The van der Waals surface area contributed by atoms with Gasteiger partial charge >= 0.3 is 17.8 Å². The van der Waals surface area contributed by atoms with Crippen molar-refractivity contribution in [2.24, 2.45) is 16.7 Å². The number of ether oxygens (including phenoxy) is 1. The van der Waals surface area contributed by atoms with E-state index in [9.17, 15) is 19.1 Å². The van der Waals surface area contributed by atoms with Crippen LogP contribution in [0.3, 0.4) is 0 Å². The molecular formula is C29H32F4N2O4. The van der Waals surface area contributed by atoms with Gasteiger partial charge in [-0.2, -0.15) is 13.9 Å². The largest absolute Gasteiger partial charge is 0.490 e. The highest BCUT2D eigenvalue weighted by atomic mass is 19.3. The Balaban J connectivity index is 1.27. The zero-order chi connectivity index (χ0) is 27.8. The number of likely N-dealkylation sites (tertiary alicyclic amines) is 1. The highest BCUT2D eigenvalue weighted by molar-refractivity contribution is 5.83. The van der Waals surface area contributed by atoms with Gasteiger partial charge in [0, 0.05) is 17.9 Å². The molecule has 1 N–H and O–H groups in total. The number of rotatable bonds is 11. The summed E-state index contributed by atoms with van der Waals surface area (Å²) < 4.78 is 65.4. The Labute approximate surface area is 224 Å². The molecule has 39 heavy (non-hydrogen) atoms. The molecule has 2 aliphatic carbocycles. The Bertz CT molecular complexity index is 1200. The van der Waals surface area contributed by atoms with Crippen molar-refractivity contribution in [3.63, 3.8) is 0 Å². The first-order valence-electron chi connectivity index (χ1n) is 13.3. The van der Waals surface area contributed by atoms with Gasteiger partial charge in [-0.3, -0.25) is 9.59 Å². The topological polar surface area (TPSA) is 70.1 Å². The van der Waals surface area contributed by atoms with E-state index in [4.69, 9.17) is 4.74 Å². The van der Waals surface area contributed by atoms with Gasteiger partial charge < -0.3 is 14.7 Å². The van der Waals surface area contributed by atoms with Crippen molar-refractivity contribution in [3.8, 4) is 5.75 Å². The number of nitrogens with zero attached hydrogens (tertiary/aromatic N) is 2. The normalized spacial score (nSPS) is 23.6. The summed E-state index contributed by atoms with van der Waals surface area (Å²) in [5.41, 5.74) is -1.13. The lowest BCUT2D eigenvalue weighted by Crippen LogP contribution is -2.52. The van der Waals surface area contributed by atoms with E-state index in [1.807, 2.05) is 4.90 Å². The molecule has 0 spiro atoms. The molecule has 3 aliphatic rings. The lowest BCUT2D eigenvalue weighted by molar-refractivity contribution is -0.182. The van der Waals surface area contributed by atoms with Gasteiger partial charge in [0.05, 0.1) is 18.6 Å². The molecule has 0 aromatic heterocycles. The Hall–Kier alpha value is -3.14. The zero-order valence-corrected chi connectivity index (χ0v) is 21.5. The van der Waals surface area contributed by atoms with Crippen LogP contribution in [0, 0.1) is 22.6 Å². The number of carbonyl (C=O) groups is 2. The summed E-state index contributed by atoms with van der Waals surface area (Å²) in [7, 11) is 0. The molecule has 2 saturated carbocycles. The average Bonchev–Trinajstić information content (AvgIpc) is 3.85. The second kappa shape index (κ2) is 10.4. The standard InChI is InChI=1S/C29H32F4N2O4/c30-23-8-4-5-9-24(23)39-19-27(12-14-34(15-13-27)18-28(10-11-28)26(37)38)17-35(33)25(36)29(31,32)22-16-21(22)20-6-2-1-3-7-20/h1-9,21-22H,10-19H2,(H,37,38)/t21-,22-/m1/s1. The summed E-state index contributed by atoms with van der Waals surface area (Å²) in [5, 5.41) is 9.14. The van der Waals surface area contributed by atoms with Crippen LogP contribution in [0.1, 0.15) is 43.6 Å². The van der Waals surface area contributed by atoms with Crippen molar-refractivity contribution in [1.82, 2.24) is 10.0 Å². The fourth-order valence-corrected chi connectivity index (χ4v) is 5.70. The van der Waals surface area contributed by atoms with E-state index in [0.29, 0.717) is 38.0 Å². The molecule has 10 heteroatoms. The number of para-hydroxylation sites is 1. The number of carboxylic acid groups (broad SMARTS) is 1. The van der Waals surface area contributed by atoms with Crippen LogP contribution >= 0.6 is 0 Å². The maximum atomic E-state index is 15.3. The van der Waals surface area contributed by atoms with Crippen LogP contribution in [0.4, 0.5) is 17.7 Å². The summed E-state index contributed by atoms with van der Waals surface area (Å²) in [5.74, 6) is -9.03. The fraction of sp³-hybridized carbons (Fsp3) is 0.517. The number of piperidine rings is 1. The molecule has 5 rings (SSSR count). The minimum absolute atomic E-state index is 0.0483. The predicted molar refractivity (Wildman–Crippen MR) is 134 cm³/mol. The Morgan fingerprint density at radius 1 is 1.03 bits per heavy atom. The summed E-state index contributed by atoms with van der Waals surface area (Å²) in [4.78, 5) is 26.3. The monoisotopic (exact) mass is 548 g/mol. The van der Waals surface area contributed by atoms with Crippen LogP contribution in [0.15, 0.2) is 54.6 Å². The summed E-state index contributed by atoms with van der Waals surface area (Å²) in [6.07, 6.45) is 1.82. The van der Waals surface area contributed by atoms with E-state index in [1.165, 1.54) is 18.2 Å². The van der Waals surface area contributed by atoms with E-state index in [-0.39, 0.29) is 36.7 Å². The maximum Gasteiger partial charge on any atom is 0.330 e. The van der Waals surface area contributed by atoms with Crippen molar-refractivity contribution < 1.29 is 37.1 Å². The minimum atomic E-state index is -3.87. The van der Waals surface area contributed by atoms with Crippen molar-refractivity contribution in [3.05, 3.63) is 66.0 Å². The number of carboxylic acids is 1. The first-order valence-corrected chi connectivity index (χ1v) is 13.3. The number of aliphatic carboxylic acids is 1. The van der Waals surface area contributed by atoms with Gasteiger partial charge in [0.15, 0.2) is 11.6 Å². The number of benzene rings is 2. The summed E-state index contributed by atoms with van der Waals surface area (Å²) >= 11 is 0. The Morgan fingerprint density at radius 3 is 2.28 bits per heavy atom. The Morgan fingerprint density at radius 2 is 1.67 bits per heavy atom. The highest BCUT2D eigenvalue weighted by Crippen LogP contribution is 2.56. The number of amides is 1. The molecular weight excluding hydrogens is 516 g/mol. The quantitative estimate of drug-likeness (QED) is 0.305. The third-order valence-electron chi connectivity index (χ3n) is 8.58. The van der Waals surface area contributed by atoms with E-state index in [2.05, 4.69) is 0 Å². The maximum absolute atomic E-state index is 15.3. The van der Waals surface area contributed by atoms with Crippen LogP contribution < -0.4 is 4.74 Å². The van der Waals surface area contributed by atoms with Gasteiger partial charge in [-0.1, -0.05) is 46.9 Å². The third-order valence-corrected chi connectivity index (χ3v) is 8.58. The molecule has 1 heterocycles.